The van der Waals surface area contributed by atoms with E-state index >= 15 is 0 Å². The normalized spacial score (nSPS) is 16.6. The van der Waals surface area contributed by atoms with E-state index in [0.717, 1.165) is 0 Å². The summed E-state index contributed by atoms with van der Waals surface area (Å²) < 4.78 is 9.70. The van der Waals surface area contributed by atoms with Crippen molar-refractivity contribution in [1.82, 2.24) is 26.4 Å². The lowest BCUT2D eigenvalue weighted by Crippen LogP contribution is -2.60. The van der Waals surface area contributed by atoms with Crippen molar-refractivity contribution in [3.05, 3.63) is 35.9 Å². The van der Waals surface area contributed by atoms with Gasteiger partial charge in [0.2, 0.25) is 17.7 Å². The van der Waals surface area contributed by atoms with Crippen molar-refractivity contribution in [3.63, 3.8) is 0 Å². The standard InChI is InChI=1S/C30H39N5O14/c1-4-48-29(45)25-24(49-25)19(36)14-35(30(46)47)34-28(44)23(15(2)3)33-26(42)17(10-11-21(38)39)32-27(43)18(13-22(40)41)31-20(37)12-16-8-6-5-7-9-16/h5-9,15,17-18,23-25H,4,10-14H2,1-3H3,(H,31,37)(H,32,43)(H,33,42)(H,34,44)(H,38,39)(H,40,41)(H,46,47)/t17-,18-,23-,24?,25?/m0/s1. The summed E-state index contributed by atoms with van der Waals surface area (Å²) in [6, 6.07) is 3.51. The zero-order valence-electron chi connectivity index (χ0n) is 26.9. The Hall–Kier alpha value is -5.59. The zero-order valence-corrected chi connectivity index (χ0v) is 26.9. The van der Waals surface area contributed by atoms with E-state index in [-0.39, 0.29) is 18.0 Å². The van der Waals surface area contributed by atoms with E-state index in [1.54, 1.807) is 30.3 Å². The van der Waals surface area contributed by atoms with Crippen molar-refractivity contribution >= 4 is 53.4 Å². The Balaban J connectivity index is 2.15. The number of hydrogen-bond donors (Lipinski definition) is 7. The number of nitrogens with one attached hydrogen (secondary N) is 4. The van der Waals surface area contributed by atoms with Crippen molar-refractivity contribution in [2.45, 2.75) is 76.8 Å². The van der Waals surface area contributed by atoms with Crippen molar-refractivity contribution < 1.29 is 67.9 Å². The van der Waals surface area contributed by atoms with Crippen LogP contribution in [-0.4, -0.2) is 117 Å². The summed E-state index contributed by atoms with van der Waals surface area (Å²) in [5, 5.41) is 35.1. The van der Waals surface area contributed by atoms with Gasteiger partial charge in [0.05, 0.1) is 19.4 Å². The van der Waals surface area contributed by atoms with Crippen LogP contribution in [-0.2, 0) is 54.3 Å². The number of hydrazine groups is 1. The van der Waals surface area contributed by atoms with Crippen LogP contribution in [0.1, 0.15) is 45.6 Å². The monoisotopic (exact) mass is 693 g/mol. The summed E-state index contributed by atoms with van der Waals surface area (Å²) in [5.41, 5.74) is 2.56. The number of ketones is 1. The number of carboxylic acid groups (broad SMARTS) is 3. The lowest BCUT2D eigenvalue weighted by Gasteiger charge is -2.28. The second kappa shape index (κ2) is 18.7. The minimum Gasteiger partial charge on any atom is -0.481 e. The molecule has 2 unspecified atom stereocenters. The number of benzene rings is 1. The van der Waals surface area contributed by atoms with Crippen molar-refractivity contribution in [3.8, 4) is 0 Å². The molecule has 0 spiro atoms. The Kier molecular flexibility index (Phi) is 15.1. The number of esters is 1. The molecule has 5 amide bonds. The van der Waals surface area contributed by atoms with Gasteiger partial charge in [-0.25, -0.2) is 14.6 Å². The molecule has 1 aromatic carbocycles. The molecule has 1 fully saturated rings. The molecular formula is C30H39N5O14. The quantitative estimate of drug-likeness (QED) is 0.0498. The van der Waals surface area contributed by atoms with E-state index in [2.05, 4.69) is 16.0 Å². The second-order valence-corrected chi connectivity index (χ2v) is 11.1. The summed E-state index contributed by atoms with van der Waals surface area (Å²) >= 11 is 0. The number of amides is 5. The molecule has 0 aliphatic carbocycles. The second-order valence-electron chi connectivity index (χ2n) is 11.1. The molecule has 19 heteroatoms. The number of aliphatic carboxylic acids is 2. The molecule has 0 radical (unpaired) electrons. The Morgan fingerprint density at radius 2 is 1.47 bits per heavy atom. The molecule has 2 rings (SSSR count). The lowest BCUT2D eigenvalue weighted by atomic mass is 10.0. The summed E-state index contributed by atoms with van der Waals surface area (Å²) in [7, 11) is 0. The van der Waals surface area contributed by atoms with Gasteiger partial charge in [-0.15, -0.1) is 0 Å². The Labute approximate surface area is 279 Å². The minimum absolute atomic E-state index is 0.0221. The average molecular weight is 694 g/mol. The van der Waals surface area contributed by atoms with Crippen LogP contribution < -0.4 is 21.4 Å². The SMILES string of the molecule is CCOC(=O)C1OC1C(=O)CN(NC(=O)[C@@H](NC(=O)[C@H](CCC(=O)O)NC(=O)[C@H](CC(=O)O)NC(=O)Cc1ccccc1)C(C)C)C(=O)O. The van der Waals surface area contributed by atoms with Crippen LogP contribution in [0.25, 0.3) is 0 Å². The molecule has 1 saturated heterocycles. The lowest BCUT2D eigenvalue weighted by molar-refractivity contribution is -0.145. The van der Waals surface area contributed by atoms with Crippen LogP contribution >= 0.6 is 0 Å². The molecule has 0 aromatic heterocycles. The third kappa shape index (κ3) is 13.2. The maximum atomic E-state index is 13.3. The maximum Gasteiger partial charge on any atom is 0.426 e. The smallest absolute Gasteiger partial charge is 0.426 e. The summed E-state index contributed by atoms with van der Waals surface area (Å²) in [6.07, 6.45) is -6.52. The predicted molar refractivity (Wildman–Crippen MR) is 163 cm³/mol. The number of epoxide rings is 1. The van der Waals surface area contributed by atoms with Gasteiger partial charge in [-0.1, -0.05) is 44.2 Å². The van der Waals surface area contributed by atoms with Crippen LogP contribution in [0.5, 0.6) is 0 Å². The van der Waals surface area contributed by atoms with Gasteiger partial charge in [-0.3, -0.25) is 39.0 Å². The van der Waals surface area contributed by atoms with E-state index in [0.29, 0.717) is 5.56 Å². The highest BCUT2D eigenvalue weighted by Gasteiger charge is 2.51. The van der Waals surface area contributed by atoms with Gasteiger partial charge >= 0.3 is 24.0 Å². The molecule has 5 atom stereocenters. The van der Waals surface area contributed by atoms with Crippen molar-refractivity contribution in [2.24, 2.45) is 5.92 Å². The summed E-state index contributed by atoms with van der Waals surface area (Å²) in [6.45, 7) is 3.57. The van der Waals surface area contributed by atoms with Gasteiger partial charge in [0, 0.05) is 6.42 Å². The number of Topliss-reactive ketones (excluding diaryl/α,β-unsaturated/α-hetero) is 1. The first kappa shape index (κ1) is 39.6. The van der Waals surface area contributed by atoms with Crippen LogP contribution in [0.15, 0.2) is 30.3 Å². The van der Waals surface area contributed by atoms with E-state index in [9.17, 15) is 58.5 Å². The molecule has 1 aliphatic heterocycles. The van der Waals surface area contributed by atoms with Crippen LogP contribution in [0.2, 0.25) is 0 Å². The number of rotatable bonds is 19. The Morgan fingerprint density at radius 3 is 2.02 bits per heavy atom. The molecule has 268 valence electrons. The van der Waals surface area contributed by atoms with Gasteiger partial charge in [-0.05, 0) is 24.8 Å². The van der Waals surface area contributed by atoms with Gasteiger partial charge in [-0.2, -0.15) is 0 Å². The third-order valence-corrected chi connectivity index (χ3v) is 6.88. The molecule has 1 heterocycles. The van der Waals surface area contributed by atoms with Gasteiger partial charge < -0.3 is 40.7 Å². The first-order valence-electron chi connectivity index (χ1n) is 15.1. The Bertz CT molecular complexity index is 1420. The minimum atomic E-state index is -1.77. The van der Waals surface area contributed by atoms with Gasteiger partial charge in [0.15, 0.2) is 18.0 Å². The highest BCUT2D eigenvalue weighted by Crippen LogP contribution is 2.24. The third-order valence-electron chi connectivity index (χ3n) is 6.88. The number of ether oxygens (including phenoxy) is 2. The van der Waals surface area contributed by atoms with E-state index in [1.165, 1.54) is 20.8 Å². The van der Waals surface area contributed by atoms with Crippen LogP contribution in [0.4, 0.5) is 4.79 Å². The van der Waals surface area contributed by atoms with E-state index in [1.807, 2.05) is 5.43 Å². The number of carboxylic acids is 2. The first-order valence-corrected chi connectivity index (χ1v) is 15.1. The molecule has 0 saturated carbocycles. The van der Waals surface area contributed by atoms with E-state index < -0.39 is 115 Å². The predicted octanol–water partition coefficient (Wildman–Crippen LogP) is -1.41. The van der Waals surface area contributed by atoms with Crippen molar-refractivity contribution in [1.29, 1.82) is 0 Å². The highest BCUT2D eigenvalue weighted by atomic mass is 16.6. The highest BCUT2D eigenvalue weighted by molar-refractivity contribution is 5.98. The number of carbonyl (C=O) groups is 9. The van der Waals surface area contributed by atoms with Crippen LogP contribution in [0, 0.1) is 5.92 Å². The van der Waals surface area contributed by atoms with Crippen molar-refractivity contribution in [2.75, 3.05) is 13.2 Å². The first-order chi connectivity index (χ1) is 23.0. The number of carbonyl (C=O) groups excluding carboxylic acids is 6. The summed E-state index contributed by atoms with van der Waals surface area (Å²) in [5.74, 6) is -9.27. The Morgan fingerprint density at radius 1 is 0.837 bits per heavy atom. The van der Waals surface area contributed by atoms with Gasteiger partial charge in [0.1, 0.15) is 24.7 Å². The number of nitrogens with zero attached hydrogens (tertiary/aromatic N) is 1. The maximum absolute atomic E-state index is 13.3. The van der Waals surface area contributed by atoms with Gasteiger partial charge in [0.25, 0.3) is 5.91 Å². The summed E-state index contributed by atoms with van der Waals surface area (Å²) in [4.78, 5) is 111. The topological polar surface area (TPSA) is 287 Å². The largest absolute Gasteiger partial charge is 0.481 e. The molecule has 0 bridgehead atoms. The molecule has 1 aliphatic rings. The zero-order chi connectivity index (χ0) is 36.8. The molecule has 7 N–H and O–H groups in total. The fraction of sp³-hybridized carbons (Fsp3) is 0.500. The fourth-order valence-electron chi connectivity index (χ4n) is 4.37. The average Bonchev–Trinajstić information content (AvgIpc) is 3.82. The molecular weight excluding hydrogens is 654 g/mol. The molecule has 19 nitrogen and oxygen atoms in total. The molecule has 1 aromatic rings. The molecule has 49 heavy (non-hydrogen) atoms. The fourth-order valence-corrected chi connectivity index (χ4v) is 4.37. The number of hydrogen-bond acceptors (Lipinski definition) is 11. The van der Waals surface area contributed by atoms with E-state index in [4.69, 9.17) is 9.47 Å². The van der Waals surface area contributed by atoms with Crippen LogP contribution in [0.3, 0.4) is 0 Å².